The Morgan fingerprint density at radius 2 is 1.29 bits per heavy atom. The number of benzene rings is 3. The molecule has 0 saturated carbocycles. The summed E-state index contributed by atoms with van der Waals surface area (Å²) in [5.74, 6) is -0.0797. The monoisotopic (exact) mass is 508 g/mol. The number of hydrogen-bond donors (Lipinski definition) is 0. The van der Waals surface area contributed by atoms with E-state index in [4.69, 9.17) is 18.9 Å². The minimum Gasteiger partial charge on any atom is -0.485 e. The predicted octanol–water partition coefficient (Wildman–Crippen LogP) is 6.13. The molecule has 4 heterocycles. The minimum absolute atomic E-state index is 0.123. The van der Waals surface area contributed by atoms with Crippen LogP contribution in [0.25, 0.3) is 21.8 Å². The molecule has 194 valence electrons. The highest BCUT2D eigenvalue weighted by Gasteiger charge is 2.58. The van der Waals surface area contributed by atoms with E-state index in [2.05, 4.69) is 84.2 Å². The lowest BCUT2D eigenvalue weighted by molar-refractivity contribution is -0.214. The zero-order valence-electron chi connectivity index (χ0n) is 22.1. The Hall–Kier alpha value is -3.58. The molecule has 2 saturated heterocycles. The van der Waals surface area contributed by atoms with Crippen LogP contribution in [0.15, 0.2) is 91.3 Å². The SMILES string of the molecule is Cn1cc(C(c2cn(C)c3ccccc23)C2OC3OC(C)(C)OC3C2Oc2ccccc2)c2ccccc21. The smallest absolute Gasteiger partial charge is 0.191 e. The zero-order valence-corrected chi connectivity index (χ0v) is 22.1. The van der Waals surface area contributed by atoms with E-state index >= 15 is 0 Å². The van der Waals surface area contributed by atoms with Gasteiger partial charge in [0, 0.05) is 54.2 Å². The fourth-order valence-electron chi connectivity index (χ4n) is 6.33. The van der Waals surface area contributed by atoms with Crippen LogP contribution < -0.4 is 4.74 Å². The maximum absolute atomic E-state index is 6.80. The van der Waals surface area contributed by atoms with Crippen LogP contribution in [0, 0.1) is 0 Å². The number of aromatic nitrogens is 2. The van der Waals surface area contributed by atoms with Gasteiger partial charge in [-0.2, -0.15) is 0 Å². The second-order valence-electron chi connectivity index (χ2n) is 10.9. The molecule has 0 radical (unpaired) electrons. The normalized spacial score (nSPS) is 24.4. The summed E-state index contributed by atoms with van der Waals surface area (Å²) in [6, 6.07) is 27.0. The Labute approximate surface area is 222 Å². The van der Waals surface area contributed by atoms with Gasteiger partial charge in [0.25, 0.3) is 0 Å². The lowest BCUT2D eigenvalue weighted by atomic mass is 9.83. The summed E-state index contributed by atoms with van der Waals surface area (Å²) in [6.07, 6.45) is 2.86. The summed E-state index contributed by atoms with van der Waals surface area (Å²) in [5.41, 5.74) is 4.76. The van der Waals surface area contributed by atoms with Gasteiger partial charge in [0.15, 0.2) is 24.3 Å². The molecule has 2 aliphatic rings. The number of aryl methyl sites for hydroxylation is 2. The lowest BCUT2D eigenvalue weighted by Crippen LogP contribution is -2.42. The molecule has 4 unspecified atom stereocenters. The maximum Gasteiger partial charge on any atom is 0.191 e. The van der Waals surface area contributed by atoms with E-state index in [1.807, 2.05) is 44.2 Å². The van der Waals surface area contributed by atoms with Crippen LogP contribution in [0.1, 0.15) is 30.9 Å². The van der Waals surface area contributed by atoms with Crippen molar-refractivity contribution >= 4 is 21.8 Å². The molecule has 0 N–H and O–H groups in total. The molecule has 0 aliphatic carbocycles. The van der Waals surface area contributed by atoms with Crippen molar-refractivity contribution in [2.24, 2.45) is 14.1 Å². The Balaban J connectivity index is 1.43. The molecular formula is C32H32N2O4. The predicted molar refractivity (Wildman–Crippen MR) is 147 cm³/mol. The third-order valence-corrected chi connectivity index (χ3v) is 7.90. The first kappa shape index (κ1) is 23.5. The van der Waals surface area contributed by atoms with Gasteiger partial charge in [0.2, 0.25) is 0 Å². The average molecular weight is 509 g/mol. The van der Waals surface area contributed by atoms with Gasteiger partial charge in [-0.1, -0.05) is 54.6 Å². The highest BCUT2D eigenvalue weighted by molar-refractivity contribution is 5.89. The molecule has 0 spiro atoms. The first-order valence-electron chi connectivity index (χ1n) is 13.2. The van der Waals surface area contributed by atoms with Crippen LogP contribution in [-0.4, -0.2) is 39.5 Å². The second kappa shape index (κ2) is 8.73. The Kier molecular flexibility index (Phi) is 5.41. The summed E-state index contributed by atoms with van der Waals surface area (Å²) in [5, 5.41) is 2.41. The fourth-order valence-corrected chi connectivity index (χ4v) is 6.33. The van der Waals surface area contributed by atoms with Crippen LogP contribution >= 0.6 is 0 Å². The van der Waals surface area contributed by atoms with Crippen molar-refractivity contribution in [3.63, 3.8) is 0 Å². The van der Waals surface area contributed by atoms with Gasteiger partial charge in [-0.05, 0) is 49.2 Å². The maximum atomic E-state index is 6.80. The van der Waals surface area contributed by atoms with E-state index < -0.39 is 12.1 Å². The largest absolute Gasteiger partial charge is 0.485 e. The van der Waals surface area contributed by atoms with Crippen molar-refractivity contribution in [3.05, 3.63) is 102 Å². The number of ether oxygens (including phenoxy) is 4. The number of fused-ring (bicyclic) bond motifs is 3. The Morgan fingerprint density at radius 1 is 0.737 bits per heavy atom. The summed E-state index contributed by atoms with van der Waals surface area (Å²) >= 11 is 0. The molecule has 5 aromatic rings. The van der Waals surface area contributed by atoms with Crippen LogP contribution in [-0.2, 0) is 28.3 Å². The van der Waals surface area contributed by atoms with Gasteiger partial charge in [-0.15, -0.1) is 0 Å². The van der Waals surface area contributed by atoms with Crippen molar-refractivity contribution in [1.29, 1.82) is 0 Å². The third-order valence-electron chi connectivity index (χ3n) is 7.90. The van der Waals surface area contributed by atoms with Crippen LogP contribution in [0.3, 0.4) is 0 Å². The standard InChI is InChI=1S/C32H32N2O4/c1-32(2)37-30-29(35-20-12-6-5-7-13-20)28(36-31(30)38-32)27(23-18-33(3)25-16-10-8-14-21(23)25)24-19-34(4)26-17-11-9-15-22(24)26/h5-19,27-31H,1-4H3. The first-order valence-corrected chi connectivity index (χ1v) is 13.2. The first-order chi connectivity index (χ1) is 18.4. The van der Waals surface area contributed by atoms with Crippen LogP contribution in [0.4, 0.5) is 0 Å². The highest BCUT2D eigenvalue weighted by atomic mass is 16.8. The van der Waals surface area contributed by atoms with Gasteiger partial charge >= 0.3 is 0 Å². The molecule has 2 fully saturated rings. The van der Waals surface area contributed by atoms with Gasteiger partial charge in [-0.25, -0.2) is 0 Å². The summed E-state index contributed by atoms with van der Waals surface area (Å²) < 4.78 is 30.6. The quantitative estimate of drug-likeness (QED) is 0.287. The molecule has 2 aromatic heterocycles. The van der Waals surface area contributed by atoms with E-state index in [1.54, 1.807) is 0 Å². The van der Waals surface area contributed by atoms with E-state index in [0.29, 0.717) is 0 Å². The van der Waals surface area contributed by atoms with Crippen molar-refractivity contribution in [3.8, 4) is 5.75 Å². The van der Waals surface area contributed by atoms with Crippen molar-refractivity contribution in [2.45, 2.75) is 50.2 Å². The van der Waals surface area contributed by atoms with Gasteiger partial charge < -0.3 is 28.1 Å². The van der Waals surface area contributed by atoms with E-state index in [1.165, 1.54) is 32.9 Å². The molecule has 3 aromatic carbocycles. The Morgan fingerprint density at radius 3 is 1.89 bits per heavy atom. The lowest BCUT2D eigenvalue weighted by Gasteiger charge is -2.31. The molecule has 2 aliphatic heterocycles. The van der Waals surface area contributed by atoms with Gasteiger partial charge in [-0.3, -0.25) is 0 Å². The van der Waals surface area contributed by atoms with E-state index in [0.717, 1.165) is 5.75 Å². The van der Waals surface area contributed by atoms with E-state index in [9.17, 15) is 0 Å². The summed E-state index contributed by atoms with van der Waals surface area (Å²) in [7, 11) is 4.20. The number of para-hydroxylation sites is 3. The molecule has 0 amide bonds. The van der Waals surface area contributed by atoms with Crippen LogP contribution in [0.2, 0.25) is 0 Å². The third kappa shape index (κ3) is 3.75. The minimum atomic E-state index is -0.743. The fraction of sp³-hybridized carbons (Fsp3) is 0.312. The summed E-state index contributed by atoms with van der Waals surface area (Å²) in [4.78, 5) is 0. The molecule has 38 heavy (non-hydrogen) atoms. The van der Waals surface area contributed by atoms with E-state index in [-0.39, 0.29) is 24.2 Å². The average Bonchev–Trinajstić information content (AvgIpc) is 3.61. The summed E-state index contributed by atoms with van der Waals surface area (Å²) in [6.45, 7) is 3.85. The molecule has 0 bridgehead atoms. The molecule has 4 atom stereocenters. The van der Waals surface area contributed by atoms with Crippen molar-refractivity contribution in [2.75, 3.05) is 0 Å². The highest BCUT2D eigenvalue weighted by Crippen LogP contribution is 2.48. The van der Waals surface area contributed by atoms with Crippen molar-refractivity contribution < 1.29 is 18.9 Å². The topological polar surface area (TPSA) is 46.8 Å². The van der Waals surface area contributed by atoms with Gasteiger partial charge in [0.1, 0.15) is 11.9 Å². The van der Waals surface area contributed by atoms with Crippen LogP contribution in [0.5, 0.6) is 5.75 Å². The molecular weight excluding hydrogens is 476 g/mol. The number of rotatable bonds is 5. The zero-order chi connectivity index (χ0) is 26.0. The van der Waals surface area contributed by atoms with Crippen molar-refractivity contribution in [1.82, 2.24) is 9.13 Å². The molecule has 7 rings (SSSR count). The number of nitrogens with zero attached hydrogens (tertiary/aromatic N) is 2. The number of hydrogen-bond acceptors (Lipinski definition) is 4. The second-order valence-corrected chi connectivity index (χ2v) is 10.9. The van der Waals surface area contributed by atoms with Gasteiger partial charge in [0.05, 0.1) is 0 Å². The molecule has 6 nitrogen and oxygen atoms in total. The Bertz CT molecular complexity index is 1540. The molecule has 6 heteroatoms.